The Morgan fingerprint density at radius 1 is 1.00 bits per heavy atom. The maximum Gasteiger partial charge on any atom is 0.258 e. The van der Waals surface area contributed by atoms with Crippen LogP contribution < -0.4 is 15.4 Å². The molecular weight excluding hydrogens is 392 g/mol. The van der Waals surface area contributed by atoms with Crippen LogP contribution >= 0.6 is 0 Å². The number of benzene rings is 1. The number of hydrogen-bond acceptors (Lipinski definition) is 5. The van der Waals surface area contributed by atoms with Crippen LogP contribution in [0.3, 0.4) is 0 Å². The molecule has 2 N–H and O–H groups in total. The lowest BCUT2D eigenvalue weighted by Crippen LogP contribution is -2.30. The van der Waals surface area contributed by atoms with E-state index >= 15 is 0 Å². The molecule has 1 aromatic carbocycles. The van der Waals surface area contributed by atoms with Crippen LogP contribution in [-0.2, 0) is 25.8 Å². The Kier molecular flexibility index (Phi) is 7.52. The smallest absolute Gasteiger partial charge is 0.258 e. The highest BCUT2D eigenvalue weighted by Gasteiger charge is 2.28. The van der Waals surface area contributed by atoms with Crippen molar-refractivity contribution in [2.24, 2.45) is 0 Å². The maximum absolute atomic E-state index is 12.2. The topological polar surface area (TPSA) is 102 Å². The molecule has 2 saturated carbocycles. The highest BCUT2D eigenvalue weighted by Crippen LogP contribution is 2.25. The van der Waals surface area contributed by atoms with Crippen LogP contribution in [0, 0.1) is 0 Å². The van der Waals surface area contributed by atoms with Crippen molar-refractivity contribution in [2.45, 2.75) is 62.7 Å². The molecule has 0 aliphatic heterocycles. The second kappa shape index (κ2) is 10.1. The van der Waals surface area contributed by atoms with Crippen molar-refractivity contribution in [1.29, 1.82) is 0 Å². The second-order valence-electron chi connectivity index (χ2n) is 7.90. The first kappa shape index (κ1) is 21.6. The van der Waals surface area contributed by atoms with Gasteiger partial charge in [-0.1, -0.05) is 25.0 Å². The number of carbonyl (C=O) groups excluding carboxylic acids is 2. The highest BCUT2D eigenvalue weighted by atomic mass is 32.2. The monoisotopic (exact) mass is 422 g/mol. The highest BCUT2D eigenvalue weighted by molar-refractivity contribution is 7.92. The number of rotatable bonds is 11. The van der Waals surface area contributed by atoms with Gasteiger partial charge in [-0.05, 0) is 49.8 Å². The number of nitrogens with one attached hydrogen (secondary N) is 2. The molecule has 2 fully saturated rings. The Balaban J connectivity index is 1.31. The van der Waals surface area contributed by atoms with Crippen molar-refractivity contribution in [3.63, 3.8) is 0 Å². The standard InChI is InChI=1S/C21H30N2O5S/c24-20(12-14-29(26,27)19-3-1-2-4-19)22-13-11-16-5-9-18(10-6-16)28-15-21(25)23-17-7-8-17/h5-6,9-10,17,19H,1-4,7-8,11-15H2,(H,22,24)(H,23,25). The molecule has 0 unspecified atom stereocenters. The van der Waals surface area contributed by atoms with E-state index in [9.17, 15) is 18.0 Å². The third-order valence-electron chi connectivity index (χ3n) is 5.40. The van der Waals surface area contributed by atoms with Gasteiger partial charge in [-0.3, -0.25) is 9.59 Å². The van der Waals surface area contributed by atoms with E-state index in [1.54, 1.807) is 12.1 Å². The summed E-state index contributed by atoms with van der Waals surface area (Å²) in [4.78, 5) is 23.6. The molecule has 2 aliphatic carbocycles. The third kappa shape index (κ3) is 7.34. The lowest BCUT2D eigenvalue weighted by Gasteiger charge is -2.11. The van der Waals surface area contributed by atoms with E-state index in [4.69, 9.17) is 4.74 Å². The van der Waals surface area contributed by atoms with Crippen LogP contribution in [0.5, 0.6) is 5.75 Å². The predicted octanol–water partition coefficient (Wildman–Crippen LogP) is 1.75. The summed E-state index contributed by atoms with van der Waals surface area (Å²) in [5.74, 6) is 0.229. The normalized spacial score (nSPS) is 17.1. The van der Waals surface area contributed by atoms with Gasteiger partial charge in [-0.15, -0.1) is 0 Å². The van der Waals surface area contributed by atoms with E-state index in [0.29, 0.717) is 24.8 Å². The molecule has 8 heteroatoms. The molecule has 0 heterocycles. The minimum absolute atomic E-state index is 0.00959. The van der Waals surface area contributed by atoms with Crippen LogP contribution in [-0.4, -0.2) is 50.4 Å². The molecule has 0 bridgehead atoms. The molecule has 2 amide bonds. The summed E-state index contributed by atoms with van der Waals surface area (Å²) in [5, 5.41) is 5.40. The Bertz CT molecular complexity index is 797. The van der Waals surface area contributed by atoms with Gasteiger partial charge in [0.15, 0.2) is 16.4 Å². The molecule has 2 aliphatic rings. The van der Waals surface area contributed by atoms with Crippen LogP contribution in [0.4, 0.5) is 0 Å². The molecule has 1 aromatic rings. The van der Waals surface area contributed by atoms with E-state index in [1.807, 2.05) is 12.1 Å². The van der Waals surface area contributed by atoms with Gasteiger partial charge < -0.3 is 15.4 Å². The van der Waals surface area contributed by atoms with Crippen molar-refractivity contribution in [1.82, 2.24) is 10.6 Å². The van der Waals surface area contributed by atoms with E-state index in [0.717, 1.165) is 44.1 Å². The van der Waals surface area contributed by atoms with Crippen LogP contribution in [0.2, 0.25) is 0 Å². The first-order valence-electron chi connectivity index (χ1n) is 10.4. The Morgan fingerprint density at radius 2 is 1.69 bits per heavy atom. The van der Waals surface area contributed by atoms with Gasteiger partial charge in [-0.2, -0.15) is 0 Å². The molecule has 0 saturated heterocycles. The van der Waals surface area contributed by atoms with Crippen molar-refractivity contribution >= 4 is 21.7 Å². The van der Waals surface area contributed by atoms with Gasteiger partial charge in [0.1, 0.15) is 5.75 Å². The largest absolute Gasteiger partial charge is 0.484 e. The average molecular weight is 423 g/mol. The van der Waals surface area contributed by atoms with Gasteiger partial charge in [0.2, 0.25) is 5.91 Å². The minimum Gasteiger partial charge on any atom is -0.484 e. The fourth-order valence-electron chi connectivity index (χ4n) is 3.48. The van der Waals surface area contributed by atoms with Gasteiger partial charge in [0.25, 0.3) is 5.91 Å². The summed E-state index contributed by atoms with van der Waals surface area (Å²) >= 11 is 0. The van der Waals surface area contributed by atoms with Gasteiger partial charge in [-0.25, -0.2) is 8.42 Å². The maximum atomic E-state index is 12.2. The first-order chi connectivity index (χ1) is 13.9. The van der Waals surface area contributed by atoms with Gasteiger partial charge >= 0.3 is 0 Å². The molecule has 29 heavy (non-hydrogen) atoms. The fraction of sp³-hybridized carbons (Fsp3) is 0.619. The van der Waals surface area contributed by atoms with E-state index in [2.05, 4.69) is 10.6 Å². The number of hydrogen-bond donors (Lipinski definition) is 2. The van der Waals surface area contributed by atoms with Crippen molar-refractivity contribution in [2.75, 3.05) is 18.9 Å². The van der Waals surface area contributed by atoms with E-state index in [-0.39, 0.29) is 35.8 Å². The fourth-order valence-corrected chi connectivity index (χ4v) is 5.34. The van der Waals surface area contributed by atoms with E-state index < -0.39 is 9.84 Å². The minimum atomic E-state index is -3.16. The molecule has 3 rings (SSSR count). The van der Waals surface area contributed by atoms with Gasteiger partial charge in [0.05, 0.1) is 11.0 Å². The van der Waals surface area contributed by atoms with Crippen LogP contribution in [0.1, 0.15) is 50.5 Å². The van der Waals surface area contributed by atoms with Crippen LogP contribution in [0.15, 0.2) is 24.3 Å². The summed E-state index contributed by atoms with van der Waals surface area (Å²) < 4.78 is 29.9. The molecule has 7 nitrogen and oxygen atoms in total. The predicted molar refractivity (Wildman–Crippen MR) is 110 cm³/mol. The first-order valence-corrected chi connectivity index (χ1v) is 12.1. The zero-order valence-corrected chi connectivity index (χ0v) is 17.5. The molecule has 0 spiro atoms. The Hall–Kier alpha value is -2.09. The lowest BCUT2D eigenvalue weighted by molar-refractivity contribution is -0.123. The van der Waals surface area contributed by atoms with Gasteiger partial charge in [0, 0.05) is 19.0 Å². The summed E-state index contributed by atoms with van der Waals surface area (Å²) in [5.41, 5.74) is 1.03. The summed E-state index contributed by atoms with van der Waals surface area (Å²) in [6.45, 7) is 0.460. The Morgan fingerprint density at radius 3 is 2.34 bits per heavy atom. The number of carbonyl (C=O) groups is 2. The summed E-state index contributed by atoms with van der Waals surface area (Å²) in [6, 6.07) is 7.72. The number of ether oxygens (including phenoxy) is 1. The van der Waals surface area contributed by atoms with Crippen LogP contribution in [0.25, 0.3) is 0 Å². The molecule has 0 atom stereocenters. The third-order valence-corrected chi connectivity index (χ3v) is 7.66. The van der Waals surface area contributed by atoms with Crippen molar-refractivity contribution in [3.05, 3.63) is 29.8 Å². The van der Waals surface area contributed by atoms with Crippen molar-refractivity contribution < 1.29 is 22.7 Å². The number of sulfone groups is 1. The second-order valence-corrected chi connectivity index (χ2v) is 10.3. The molecular formula is C21H30N2O5S. The summed E-state index contributed by atoms with van der Waals surface area (Å²) in [7, 11) is -3.16. The number of amides is 2. The summed E-state index contributed by atoms with van der Waals surface area (Å²) in [6.07, 6.45) is 6.16. The molecule has 0 radical (unpaired) electrons. The molecule has 0 aromatic heterocycles. The van der Waals surface area contributed by atoms with Crippen molar-refractivity contribution in [3.8, 4) is 5.75 Å². The SMILES string of the molecule is O=C(CCS(=O)(=O)C1CCCC1)NCCc1ccc(OCC(=O)NC2CC2)cc1. The zero-order valence-electron chi connectivity index (χ0n) is 16.7. The zero-order chi connectivity index (χ0) is 20.7. The quantitative estimate of drug-likeness (QED) is 0.566. The Labute approximate surface area is 172 Å². The van der Waals surface area contributed by atoms with E-state index in [1.165, 1.54) is 0 Å². The lowest BCUT2D eigenvalue weighted by atomic mass is 10.1. The molecule has 160 valence electrons. The average Bonchev–Trinajstić information content (AvgIpc) is 3.32.